The van der Waals surface area contributed by atoms with Gasteiger partial charge in [0, 0.05) is 0 Å². The van der Waals surface area contributed by atoms with Crippen LogP contribution >= 0.6 is 0 Å². The fourth-order valence-electron chi connectivity index (χ4n) is 0.852. The van der Waals surface area contributed by atoms with E-state index in [1.165, 1.54) is 0 Å². The van der Waals surface area contributed by atoms with Gasteiger partial charge in [0.25, 0.3) is 0 Å². The first kappa shape index (κ1) is 7.86. The molecule has 1 aliphatic heterocycles. The maximum absolute atomic E-state index is 5.45. The van der Waals surface area contributed by atoms with Crippen molar-refractivity contribution in [3.05, 3.63) is 0 Å². The molecule has 0 aromatic carbocycles. The smallest absolute Gasteiger partial charge is 0.157 e. The normalized spacial score (nSPS) is 40.5. The summed E-state index contributed by atoms with van der Waals surface area (Å²) in [7, 11) is 0. The van der Waals surface area contributed by atoms with E-state index in [0.717, 1.165) is 0 Å². The highest BCUT2D eigenvalue weighted by molar-refractivity contribution is 4.79. The van der Waals surface area contributed by atoms with Gasteiger partial charge in [-0.15, -0.1) is 5.59 Å². The maximum Gasteiger partial charge on any atom is 0.157 e. The van der Waals surface area contributed by atoms with Crippen molar-refractivity contribution in [3.8, 4) is 0 Å². The first-order chi connectivity index (χ1) is 4.75. The fourth-order valence-corrected chi connectivity index (χ4v) is 0.852. The van der Waals surface area contributed by atoms with Crippen molar-refractivity contribution in [3.63, 3.8) is 0 Å². The Morgan fingerprint density at radius 2 is 2.40 bits per heavy atom. The molecule has 10 heavy (non-hydrogen) atoms. The summed E-state index contributed by atoms with van der Waals surface area (Å²) in [5.41, 5.74) is 10.2. The van der Waals surface area contributed by atoms with Gasteiger partial charge in [0.05, 0.1) is 6.04 Å². The molecule has 0 aliphatic carbocycles. The lowest BCUT2D eigenvalue weighted by molar-refractivity contribution is -0.0676. The maximum atomic E-state index is 5.45. The molecule has 60 valence electrons. The van der Waals surface area contributed by atoms with Gasteiger partial charge in [0.15, 0.2) is 6.23 Å². The van der Waals surface area contributed by atoms with Crippen LogP contribution in [-0.2, 0) is 9.68 Å². The van der Waals surface area contributed by atoms with Crippen molar-refractivity contribution in [2.45, 2.75) is 25.3 Å². The number of hydrogen-bond acceptors (Lipinski definition) is 6. The molecule has 0 radical (unpaired) electrons. The summed E-state index contributed by atoms with van der Waals surface area (Å²) in [5.74, 6) is 4.92. The topological polar surface area (TPSA) is 94.6 Å². The molecule has 6 heteroatoms. The Balaban J connectivity index is 2.38. The van der Waals surface area contributed by atoms with Crippen LogP contribution in [0.15, 0.2) is 0 Å². The molecule has 1 fully saturated rings. The molecule has 1 saturated heterocycles. The van der Waals surface area contributed by atoms with E-state index in [0.29, 0.717) is 0 Å². The largest absolute Gasteiger partial charge is 0.302 e. The molecule has 6 nitrogen and oxygen atoms in total. The molecule has 6 N–H and O–H groups in total. The van der Waals surface area contributed by atoms with Crippen LogP contribution in [0.3, 0.4) is 0 Å². The van der Waals surface area contributed by atoms with Gasteiger partial charge in [0.1, 0.15) is 6.10 Å². The zero-order valence-electron chi connectivity index (χ0n) is 5.70. The Hall–Kier alpha value is -0.240. The van der Waals surface area contributed by atoms with Crippen molar-refractivity contribution in [2.24, 2.45) is 11.6 Å². The lowest BCUT2D eigenvalue weighted by atomic mass is 10.2. The van der Waals surface area contributed by atoms with Gasteiger partial charge < -0.3 is 5.73 Å². The van der Waals surface area contributed by atoms with Gasteiger partial charge in [-0.25, -0.2) is 5.84 Å². The highest BCUT2D eigenvalue weighted by Gasteiger charge is 2.33. The molecule has 1 heterocycles. The van der Waals surface area contributed by atoms with Gasteiger partial charge in [0.2, 0.25) is 0 Å². The SMILES string of the molecule is CC1NOC(N)C1ONN. The molecule has 0 amide bonds. The van der Waals surface area contributed by atoms with Crippen LogP contribution in [0, 0.1) is 0 Å². The van der Waals surface area contributed by atoms with Crippen LogP contribution in [-0.4, -0.2) is 18.4 Å². The number of nitrogens with two attached hydrogens (primary N) is 2. The zero-order valence-corrected chi connectivity index (χ0v) is 5.70. The molecule has 1 rings (SSSR count). The second kappa shape index (κ2) is 3.24. The quantitative estimate of drug-likeness (QED) is 0.266. The average molecular weight is 148 g/mol. The minimum atomic E-state index is -0.467. The summed E-state index contributed by atoms with van der Waals surface area (Å²) in [5, 5.41) is 0. The summed E-state index contributed by atoms with van der Waals surface area (Å²) in [6, 6.07) is 0.0473. The van der Waals surface area contributed by atoms with E-state index in [4.69, 9.17) is 21.3 Å². The van der Waals surface area contributed by atoms with Crippen LogP contribution in [0.5, 0.6) is 0 Å². The average Bonchev–Trinajstić information content (AvgIpc) is 2.20. The summed E-state index contributed by atoms with van der Waals surface area (Å²) in [6.07, 6.45) is -0.712. The predicted octanol–water partition coefficient (Wildman–Crippen LogP) is -2.04. The van der Waals surface area contributed by atoms with E-state index in [-0.39, 0.29) is 12.1 Å². The number of hydrogen-bond donors (Lipinski definition) is 4. The van der Waals surface area contributed by atoms with Gasteiger partial charge >= 0.3 is 0 Å². The molecule has 3 atom stereocenters. The van der Waals surface area contributed by atoms with Crippen molar-refractivity contribution in [1.82, 2.24) is 11.1 Å². The molecule has 1 aliphatic rings. The molecule has 0 aromatic heterocycles. The Bertz CT molecular complexity index is 101. The number of rotatable bonds is 2. The molecular weight excluding hydrogens is 136 g/mol. The van der Waals surface area contributed by atoms with E-state index < -0.39 is 6.23 Å². The van der Waals surface area contributed by atoms with Crippen LogP contribution in [0.4, 0.5) is 0 Å². The minimum absolute atomic E-state index is 0.0473. The summed E-state index contributed by atoms with van der Waals surface area (Å²) < 4.78 is 0. The van der Waals surface area contributed by atoms with Crippen LogP contribution in [0.25, 0.3) is 0 Å². The van der Waals surface area contributed by atoms with Crippen LogP contribution in [0.1, 0.15) is 6.92 Å². The summed E-state index contributed by atoms with van der Waals surface area (Å²) >= 11 is 0. The monoisotopic (exact) mass is 148 g/mol. The van der Waals surface area contributed by atoms with Gasteiger partial charge in [-0.3, -0.25) is 9.68 Å². The first-order valence-electron chi connectivity index (χ1n) is 3.03. The lowest BCUT2D eigenvalue weighted by Gasteiger charge is -2.14. The minimum Gasteiger partial charge on any atom is -0.302 e. The summed E-state index contributed by atoms with van der Waals surface area (Å²) in [6.45, 7) is 1.88. The van der Waals surface area contributed by atoms with Crippen LogP contribution in [0.2, 0.25) is 0 Å². The van der Waals surface area contributed by atoms with E-state index in [9.17, 15) is 0 Å². The fraction of sp³-hybridized carbons (Fsp3) is 1.00. The Labute approximate surface area is 58.7 Å². The summed E-state index contributed by atoms with van der Waals surface area (Å²) in [4.78, 5) is 9.68. The van der Waals surface area contributed by atoms with Crippen molar-refractivity contribution >= 4 is 0 Å². The Morgan fingerprint density at radius 3 is 2.80 bits per heavy atom. The van der Waals surface area contributed by atoms with E-state index in [1.54, 1.807) is 0 Å². The van der Waals surface area contributed by atoms with Crippen molar-refractivity contribution < 1.29 is 9.68 Å². The van der Waals surface area contributed by atoms with Crippen LogP contribution < -0.4 is 22.6 Å². The molecule has 0 bridgehead atoms. The predicted molar refractivity (Wildman–Crippen MR) is 33.9 cm³/mol. The molecule has 0 saturated carbocycles. The number of hydroxylamine groups is 1. The highest BCUT2D eigenvalue weighted by Crippen LogP contribution is 2.08. The zero-order chi connectivity index (χ0) is 7.56. The Kier molecular flexibility index (Phi) is 2.55. The van der Waals surface area contributed by atoms with Gasteiger partial charge in [-0.1, -0.05) is 0 Å². The molecule has 0 spiro atoms. The first-order valence-corrected chi connectivity index (χ1v) is 3.03. The third-order valence-corrected chi connectivity index (χ3v) is 1.41. The highest BCUT2D eigenvalue weighted by atomic mass is 16.7. The molecule has 0 aromatic rings. The van der Waals surface area contributed by atoms with Gasteiger partial charge in [-0.05, 0) is 6.92 Å². The van der Waals surface area contributed by atoms with E-state index in [2.05, 4.69) is 11.1 Å². The third kappa shape index (κ3) is 1.43. The van der Waals surface area contributed by atoms with E-state index in [1.807, 2.05) is 6.92 Å². The van der Waals surface area contributed by atoms with Crippen molar-refractivity contribution in [1.29, 1.82) is 0 Å². The van der Waals surface area contributed by atoms with Crippen molar-refractivity contribution in [2.75, 3.05) is 0 Å². The second-order valence-corrected chi connectivity index (χ2v) is 2.19. The van der Waals surface area contributed by atoms with E-state index >= 15 is 0 Å². The second-order valence-electron chi connectivity index (χ2n) is 2.19. The molecule has 3 unspecified atom stereocenters. The number of nitrogens with one attached hydrogen (secondary N) is 2. The molecular formula is C4H12N4O2. The third-order valence-electron chi connectivity index (χ3n) is 1.41. The standard InChI is InChI=1S/C4H12N4O2/c1-2-3(9-8-6)4(5)10-7-2/h2-4,7-8H,5-6H2,1H3. The Morgan fingerprint density at radius 1 is 1.70 bits per heavy atom. The lowest BCUT2D eigenvalue weighted by Crippen LogP contribution is -2.43. The van der Waals surface area contributed by atoms with Gasteiger partial charge in [-0.2, -0.15) is 5.48 Å². The number of hydrazine groups is 1.